The van der Waals surface area contributed by atoms with Gasteiger partial charge in [-0.1, -0.05) is 17.7 Å². The third kappa shape index (κ3) is 5.04. The van der Waals surface area contributed by atoms with Gasteiger partial charge in [0.15, 0.2) is 0 Å². The highest BCUT2D eigenvalue weighted by Gasteiger charge is 2.31. The highest BCUT2D eigenvalue weighted by molar-refractivity contribution is 7.86. The van der Waals surface area contributed by atoms with Crippen molar-refractivity contribution in [1.82, 2.24) is 0 Å². The van der Waals surface area contributed by atoms with E-state index in [1.54, 1.807) is 0 Å². The van der Waals surface area contributed by atoms with E-state index < -0.39 is 21.9 Å². The number of halogens is 4. The summed E-state index contributed by atoms with van der Waals surface area (Å²) in [4.78, 5) is 0. The third-order valence-electron chi connectivity index (χ3n) is 2.54. The summed E-state index contributed by atoms with van der Waals surface area (Å²) in [5.74, 6) is 0.164. The van der Waals surface area contributed by atoms with E-state index in [4.69, 9.17) is 16.3 Å². The van der Waals surface area contributed by atoms with Gasteiger partial charge in [0.2, 0.25) is 0 Å². The molecular weight excluding hydrogens is 357 g/mol. The van der Waals surface area contributed by atoms with Gasteiger partial charge in [-0.3, -0.25) is 0 Å². The Morgan fingerprint density at radius 2 is 1.70 bits per heavy atom. The van der Waals surface area contributed by atoms with Crippen LogP contribution in [0.3, 0.4) is 0 Å². The smallest absolute Gasteiger partial charge is 0.416 e. The van der Waals surface area contributed by atoms with Crippen LogP contribution >= 0.6 is 11.6 Å². The van der Waals surface area contributed by atoms with Gasteiger partial charge in [0.05, 0.1) is 16.8 Å². The number of benzene rings is 2. The molecule has 0 aliphatic carbocycles. The van der Waals surface area contributed by atoms with E-state index in [1.165, 1.54) is 24.3 Å². The summed E-state index contributed by atoms with van der Waals surface area (Å²) in [7, 11) is -3.70. The van der Waals surface area contributed by atoms with Gasteiger partial charge in [-0.25, -0.2) is 0 Å². The van der Waals surface area contributed by atoms with Crippen LogP contribution in [0.4, 0.5) is 13.2 Å². The molecule has 0 spiro atoms. The Hall–Kier alpha value is -1.93. The normalized spacial score (nSPS) is 12.0. The lowest BCUT2D eigenvalue weighted by atomic mass is 10.2. The molecule has 4 nitrogen and oxygen atoms in total. The van der Waals surface area contributed by atoms with E-state index in [2.05, 4.69) is 4.18 Å². The molecule has 0 atom stereocenters. The van der Waals surface area contributed by atoms with Crippen molar-refractivity contribution in [2.45, 2.75) is 6.18 Å². The van der Waals surface area contributed by atoms with Crippen LogP contribution in [-0.2, 0) is 16.3 Å². The molecule has 124 valence electrons. The first-order valence-electron chi connectivity index (χ1n) is 6.09. The molecule has 9 heteroatoms. The minimum atomic E-state index is -4.51. The van der Waals surface area contributed by atoms with Crippen molar-refractivity contribution in [2.24, 2.45) is 0 Å². The maximum Gasteiger partial charge on any atom is 0.416 e. The molecule has 0 bridgehead atoms. The number of rotatable bonds is 4. The molecule has 0 aliphatic heterocycles. The summed E-state index contributed by atoms with van der Waals surface area (Å²) >= 11 is 5.78. The molecule has 0 saturated carbocycles. The maximum atomic E-state index is 12.6. The Kier molecular flexibility index (Phi) is 4.76. The average molecular weight is 367 g/mol. The molecule has 2 aromatic carbocycles. The predicted molar refractivity (Wildman–Crippen MR) is 78.4 cm³/mol. The van der Waals surface area contributed by atoms with Crippen LogP contribution in [0, 0.1) is 0 Å². The SMILES string of the molecule is CS(=O)(=O)Oc1cccc(Oc2ccc(C(F)(F)F)cc2Cl)c1. The third-order valence-corrected chi connectivity index (χ3v) is 3.33. The van der Waals surface area contributed by atoms with Crippen molar-refractivity contribution >= 4 is 21.7 Å². The second kappa shape index (κ2) is 6.29. The van der Waals surface area contributed by atoms with Crippen LogP contribution in [0.2, 0.25) is 5.02 Å². The fourth-order valence-electron chi connectivity index (χ4n) is 1.65. The Morgan fingerprint density at radius 1 is 1.04 bits per heavy atom. The summed E-state index contributed by atoms with van der Waals surface area (Å²) in [6.45, 7) is 0. The van der Waals surface area contributed by atoms with E-state index in [1.807, 2.05) is 0 Å². The summed E-state index contributed by atoms with van der Waals surface area (Å²) in [6.07, 6.45) is -3.63. The molecule has 0 amide bonds. The van der Waals surface area contributed by atoms with Gasteiger partial charge in [0, 0.05) is 6.07 Å². The van der Waals surface area contributed by atoms with E-state index in [0.29, 0.717) is 0 Å². The summed E-state index contributed by atoms with van der Waals surface area (Å²) in [5, 5.41) is -0.228. The standard InChI is InChI=1S/C14H10ClF3O4S/c1-23(19,20)22-11-4-2-3-10(8-11)21-13-6-5-9(7-12(13)15)14(16,17)18/h2-8H,1H3. The molecule has 23 heavy (non-hydrogen) atoms. The largest absolute Gasteiger partial charge is 0.456 e. The van der Waals surface area contributed by atoms with Crippen LogP contribution in [0.1, 0.15) is 5.56 Å². The lowest BCUT2D eigenvalue weighted by Crippen LogP contribution is -2.05. The average Bonchev–Trinajstić information content (AvgIpc) is 2.38. The van der Waals surface area contributed by atoms with Crippen molar-refractivity contribution in [2.75, 3.05) is 6.26 Å². The summed E-state index contributed by atoms with van der Waals surface area (Å²) in [5.41, 5.74) is -0.899. The van der Waals surface area contributed by atoms with Crippen LogP contribution in [0.5, 0.6) is 17.2 Å². The summed E-state index contributed by atoms with van der Waals surface area (Å²) in [6, 6.07) is 8.26. The topological polar surface area (TPSA) is 52.6 Å². The van der Waals surface area contributed by atoms with Crippen LogP contribution < -0.4 is 8.92 Å². The second-order valence-electron chi connectivity index (χ2n) is 4.51. The maximum absolute atomic E-state index is 12.6. The van der Waals surface area contributed by atoms with Crippen LogP contribution in [0.15, 0.2) is 42.5 Å². The van der Waals surface area contributed by atoms with Gasteiger partial charge in [-0.05, 0) is 30.3 Å². The predicted octanol–water partition coefficient (Wildman–Crippen LogP) is 4.49. The molecule has 0 aliphatic rings. The molecule has 0 fully saturated rings. The van der Waals surface area contributed by atoms with E-state index >= 15 is 0 Å². The Bertz CT molecular complexity index is 819. The van der Waals surface area contributed by atoms with E-state index in [0.717, 1.165) is 24.5 Å². The highest BCUT2D eigenvalue weighted by atomic mass is 35.5. The first kappa shape index (κ1) is 17.4. The zero-order valence-electron chi connectivity index (χ0n) is 11.6. The Morgan fingerprint density at radius 3 is 2.26 bits per heavy atom. The van der Waals surface area contributed by atoms with Gasteiger partial charge in [-0.15, -0.1) is 0 Å². The Labute approximate surface area is 135 Å². The fourth-order valence-corrected chi connectivity index (χ4v) is 2.32. The monoisotopic (exact) mass is 366 g/mol. The molecule has 2 aromatic rings. The van der Waals surface area contributed by atoms with E-state index in [9.17, 15) is 21.6 Å². The quantitative estimate of drug-likeness (QED) is 0.748. The van der Waals surface area contributed by atoms with Gasteiger partial charge >= 0.3 is 16.3 Å². The van der Waals surface area contributed by atoms with Crippen molar-refractivity contribution < 1.29 is 30.5 Å². The van der Waals surface area contributed by atoms with Crippen molar-refractivity contribution in [3.63, 3.8) is 0 Å². The van der Waals surface area contributed by atoms with Crippen molar-refractivity contribution in [3.05, 3.63) is 53.1 Å². The lowest BCUT2D eigenvalue weighted by molar-refractivity contribution is -0.137. The number of hydrogen-bond acceptors (Lipinski definition) is 4. The first-order chi connectivity index (χ1) is 10.5. The molecule has 0 aromatic heterocycles. The molecule has 2 rings (SSSR count). The zero-order chi connectivity index (χ0) is 17.3. The highest BCUT2D eigenvalue weighted by Crippen LogP contribution is 2.36. The molecule has 0 heterocycles. The van der Waals surface area contributed by atoms with Gasteiger partial charge in [-0.2, -0.15) is 21.6 Å². The van der Waals surface area contributed by atoms with Gasteiger partial charge in [0.25, 0.3) is 0 Å². The summed E-state index contributed by atoms with van der Waals surface area (Å²) < 4.78 is 69.9. The van der Waals surface area contributed by atoms with Crippen molar-refractivity contribution in [1.29, 1.82) is 0 Å². The van der Waals surface area contributed by atoms with Crippen molar-refractivity contribution in [3.8, 4) is 17.2 Å². The zero-order valence-corrected chi connectivity index (χ0v) is 13.2. The molecule has 0 saturated heterocycles. The fraction of sp³-hybridized carbons (Fsp3) is 0.143. The molecule has 0 N–H and O–H groups in total. The minimum absolute atomic E-state index is 0.00354. The minimum Gasteiger partial charge on any atom is -0.456 e. The molecule has 0 unspecified atom stereocenters. The van der Waals surface area contributed by atoms with Crippen LogP contribution in [0.25, 0.3) is 0 Å². The number of ether oxygens (including phenoxy) is 1. The lowest BCUT2D eigenvalue weighted by Gasteiger charge is -2.11. The first-order valence-corrected chi connectivity index (χ1v) is 8.28. The molecule has 0 radical (unpaired) electrons. The number of alkyl halides is 3. The number of hydrogen-bond donors (Lipinski definition) is 0. The van der Waals surface area contributed by atoms with Crippen LogP contribution in [-0.4, -0.2) is 14.7 Å². The van der Waals surface area contributed by atoms with E-state index in [-0.39, 0.29) is 22.3 Å². The van der Waals surface area contributed by atoms with Gasteiger partial charge < -0.3 is 8.92 Å². The Balaban J connectivity index is 2.24. The second-order valence-corrected chi connectivity index (χ2v) is 6.49. The van der Waals surface area contributed by atoms with Gasteiger partial charge in [0.1, 0.15) is 17.2 Å². The molecular formula is C14H10ClF3O4S.